The molecule has 0 aliphatic carbocycles. The molecule has 1 amide bonds. The minimum absolute atomic E-state index is 0.139. The number of ether oxygens (including phenoxy) is 1. The lowest BCUT2D eigenvalue weighted by atomic mass is 10.1. The fraction of sp³-hybridized carbons (Fsp3) is 0.167. The molecule has 0 atom stereocenters. The van der Waals surface area contributed by atoms with E-state index in [0.29, 0.717) is 16.7 Å². The Morgan fingerprint density at radius 3 is 2.88 bits per heavy atom. The number of azo groups is 1. The summed E-state index contributed by atoms with van der Waals surface area (Å²) < 4.78 is 6.34. The topological polar surface area (TPSA) is 87.0 Å². The van der Waals surface area contributed by atoms with E-state index in [1.54, 1.807) is 18.2 Å². The average Bonchev–Trinajstić information content (AvgIpc) is 2.89. The van der Waals surface area contributed by atoms with Gasteiger partial charge in [-0.3, -0.25) is 4.79 Å². The molecule has 2 aromatic carbocycles. The highest BCUT2D eigenvalue weighted by Gasteiger charge is 2.12. The van der Waals surface area contributed by atoms with Crippen LogP contribution in [0.1, 0.15) is 11.1 Å². The number of aryl methyl sites for hydroxylation is 1. The summed E-state index contributed by atoms with van der Waals surface area (Å²) in [4.78, 5) is 14.7. The van der Waals surface area contributed by atoms with Gasteiger partial charge in [0.25, 0.3) is 0 Å². The molecule has 0 unspecified atom stereocenters. The van der Waals surface area contributed by atoms with Crippen molar-refractivity contribution >= 4 is 38.4 Å². The Labute approximate surface area is 152 Å². The van der Waals surface area contributed by atoms with Gasteiger partial charge in [-0.1, -0.05) is 28.1 Å². The van der Waals surface area contributed by atoms with Crippen molar-refractivity contribution in [2.24, 2.45) is 10.2 Å². The van der Waals surface area contributed by atoms with Crippen LogP contribution in [-0.2, 0) is 4.79 Å². The number of benzene rings is 2. The lowest BCUT2D eigenvalue weighted by molar-refractivity contribution is -0.120. The van der Waals surface area contributed by atoms with Crippen molar-refractivity contribution in [3.05, 3.63) is 52.0 Å². The Kier molecular flexibility index (Phi) is 4.85. The zero-order valence-electron chi connectivity index (χ0n) is 13.7. The van der Waals surface area contributed by atoms with Gasteiger partial charge in [0.2, 0.25) is 5.88 Å². The summed E-state index contributed by atoms with van der Waals surface area (Å²) in [6, 6.07) is 11.1. The molecule has 0 aliphatic rings. The van der Waals surface area contributed by atoms with Crippen LogP contribution in [0.5, 0.6) is 11.6 Å². The van der Waals surface area contributed by atoms with Crippen LogP contribution in [0.15, 0.2) is 51.1 Å². The third-order valence-corrected chi connectivity index (χ3v) is 4.37. The second-order valence-corrected chi connectivity index (χ2v) is 6.51. The van der Waals surface area contributed by atoms with Gasteiger partial charge in [0, 0.05) is 9.86 Å². The standard InChI is InChI=1S/C18H16BrN3O3/c1-10-4-3-5-15(11(10)2)25-9-16(23)21-22-17-13-8-12(19)6-7-14(13)20-18(17)24/h3-8,20,24H,9H2,1-2H3. The Balaban J connectivity index is 1.74. The summed E-state index contributed by atoms with van der Waals surface area (Å²) in [5.74, 6) is -0.0350. The van der Waals surface area contributed by atoms with Crippen LogP contribution >= 0.6 is 15.9 Å². The maximum atomic E-state index is 11.9. The van der Waals surface area contributed by atoms with E-state index < -0.39 is 5.91 Å². The summed E-state index contributed by atoms with van der Waals surface area (Å²) in [7, 11) is 0. The van der Waals surface area contributed by atoms with Crippen molar-refractivity contribution in [1.82, 2.24) is 4.98 Å². The highest BCUT2D eigenvalue weighted by Crippen LogP contribution is 2.36. The summed E-state index contributed by atoms with van der Waals surface area (Å²) in [5, 5.41) is 18.1. The van der Waals surface area contributed by atoms with Gasteiger partial charge in [-0.05, 0) is 49.2 Å². The van der Waals surface area contributed by atoms with Gasteiger partial charge in [0.1, 0.15) is 5.75 Å². The molecule has 6 nitrogen and oxygen atoms in total. The van der Waals surface area contributed by atoms with Crippen molar-refractivity contribution in [1.29, 1.82) is 0 Å². The molecule has 3 aromatic rings. The zero-order chi connectivity index (χ0) is 18.0. The first-order valence-electron chi connectivity index (χ1n) is 7.59. The van der Waals surface area contributed by atoms with Gasteiger partial charge in [0.15, 0.2) is 12.3 Å². The van der Waals surface area contributed by atoms with Gasteiger partial charge in [-0.25, -0.2) is 0 Å². The van der Waals surface area contributed by atoms with E-state index in [1.165, 1.54) is 0 Å². The van der Waals surface area contributed by atoms with Crippen LogP contribution in [0.4, 0.5) is 5.69 Å². The smallest absolute Gasteiger partial charge is 0.302 e. The quantitative estimate of drug-likeness (QED) is 0.606. The minimum atomic E-state index is -0.537. The number of fused-ring (bicyclic) bond motifs is 1. The number of nitrogens with zero attached hydrogens (tertiary/aromatic N) is 2. The fourth-order valence-electron chi connectivity index (χ4n) is 2.39. The first kappa shape index (κ1) is 17.2. The second kappa shape index (κ2) is 7.06. The predicted molar refractivity (Wildman–Crippen MR) is 98.6 cm³/mol. The van der Waals surface area contributed by atoms with E-state index in [9.17, 15) is 9.90 Å². The average molecular weight is 402 g/mol. The van der Waals surface area contributed by atoms with Crippen molar-refractivity contribution in [2.45, 2.75) is 13.8 Å². The lowest BCUT2D eigenvalue weighted by Crippen LogP contribution is -2.08. The zero-order valence-corrected chi connectivity index (χ0v) is 15.3. The highest BCUT2D eigenvalue weighted by atomic mass is 79.9. The summed E-state index contributed by atoms with van der Waals surface area (Å²) in [6.07, 6.45) is 0. The first-order valence-corrected chi connectivity index (χ1v) is 8.39. The normalized spacial score (nSPS) is 11.3. The predicted octanol–water partition coefficient (Wildman–Crippen LogP) is 4.94. The molecule has 0 bridgehead atoms. The number of aromatic amines is 1. The maximum Gasteiger partial charge on any atom is 0.302 e. The number of aromatic nitrogens is 1. The van der Waals surface area contributed by atoms with Crippen molar-refractivity contribution in [3.63, 3.8) is 0 Å². The lowest BCUT2D eigenvalue weighted by Gasteiger charge is -2.08. The number of carbonyl (C=O) groups is 1. The SMILES string of the molecule is Cc1cccc(OCC(=O)N=Nc2c(O)[nH]c3ccc(Br)cc23)c1C. The van der Waals surface area contributed by atoms with Crippen LogP contribution in [0.3, 0.4) is 0 Å². The Morgan fingerprint density at radius 2 is 2.08 bits per heavy atom. The number of H-pyrrole nitrogens is 1. The van der Waals surface area contributed by atoms with E-state index >= 15 is 0 Å². The van der Waals surface area contributed by atoms with E-state index in [4.69, 9.17) is 4.74 Å². The molecule has 0 spiro atoms. The molecule has 1 aromatic heterocycles. The largest absolute Gasteiger partial charge is 0.493 e. The molecule has 128 valence electrons. The van der Waals surface area contributed by atoms with Gasteiger partial charge in [-0.15, -0.1) is 10.2 Å². The van der Waals surface area contributed by atoms with Crippen LogP contribution in [0.25, 0.3) is 10.9 Å². The molecule has 0 radical (unpaired) electrons. The van der Waals surface area contributed by atoms with E-state index in [0.717, 1.165) is 15.6 Å². The number of carbonyl (C=O) groups excluding carboxylic acids is 1. The number of aromatic hydroxyl groups is 1. The number of halogens is 1. The van der Waals surface area contributed by atoms with Crippen LogP contribution in [-0.4, -0.2) is 22.6 Å². The van der Waals surface area contributed by atoms with E-state index in [2.05, 4.69) is 31.1 Å². The Morgan fingerprint density at radius 1 is 1.28 bits per heavy atom. The van der Waals surface area contributed by atoms with E-state index in [1.807, 2.05) is 32.0 Å². The summed E-state index contributed by atoms with van der Waals surface area (Å²) >= 11 is 3.36. The van der Waals surface area contributed by atoms with Crippen molar-refractivity contribution in [2.75, 3.05) is 6.61 Å². The molecule has 25 heavy (non-hydrogen) atoms. The molecule has 0 aliphatic heterocycles. The first-order chi connectivity index (χ1) is 12.0. The molecule has 0 saturated heterocycles. The van der Waals surface area contributed by atoms with Gasteiger partial charge >= 0.3 is 5.91 Å². The fourth-order valence-corrected chi connectivity index (χ4v) is 2.75. The number of hydrogen-bond acceptors (Lipinski definition) is 4. The molecule has 7 heteroatoms. The van der Waals surface area contributed by atoms with Gasteiger partial charge in [-0.2, -0.15) is 0 Å². The Hall–Kier alpha value is -2.67. The Bertz CT molecular complexity index is 979. The third kappa shape index (κ3) is 3.71. The number of hydrogen-bond donors (Lipinski definition) is 2. The van der Waals surface area contributed by atoms with Gasteiger partial charge in [0.05, 0.1) is 5.52 Å². The molecule has 0 fully saturated rings. The highest BCUT2D eigenvalue weighted by molar-refractivity contribution is 9.10. The monoisotopic (exact) mass is 401 g/mol. The number of amides is 1. The summed E-state index contributed by atoms with van der Waals surface area (Å²) in [5.41, 5.74) is 2.98. The van der Waals surface area contributed by atoms with Crippen LogP contribution < -0.4 is 4.74 Å². The van der Waals surface area contributed by atoms with Gasteiger partial charge < -0.3 is 14.8 Å². The molecule has 1 heterocycles. The third-order valence-electron chi connectivity index (χ3n) is 3.88. The number of rotatable bonds is 4. The molecule has 3 rings (SSSR count). The minimum Gasteiger partial charge on any atom is -0.493 e. The van der Waals surface area contributed by atoms with Crippen molar-refractivity contribution in [3.8, 4) is 11.6 Å². The van der Waals surface area contributed by atoms with Crippen LogP contribution in [0.2, 0.25) is 0 Å². The van der Waals surface area contributed by atoms with Crippen molar-refractivity contribution < 1.29 is 14.6 Å². The molecular formula is C18H16BrN3O3. The van der Waals surface area contributed by atoms with Crippen LogP contribution in [0, 0.1) is 13.8 Å². The maximum absolute atomic E-state index is 11.9. The second-order valence-electron chi connectivity index (χ2n) is 5.59. The molecule has 2 N–H and O–H groups in total. The molecular weight excluding hydrogens is 386 g/mol. The number of nitrogens with one attached hydrogen (secondary N) is 1. The van der Waals surface area contributed by atoms with E-state index in [-0.39, 0.29) is 18.2 Å². The summed E-state index contributed by atoms with van der Waals surface area (Å²) in [6.45, 7) is 3.68. The molecule has 0 saturated carbocycles.